The van der Waals surface area contributed by atoms with Crippen LogP contribution in [-0.4, -0.2) is 54.5 Å². The summed E-state index contributed by atoms with van der Waals surface area (Å²) in [6.45, 7) is 9.26. The van der Waals surface area contributed by atoms with E-state index in [4.69, 9.17) is 9.47 Å². The van der Waals surface area contributed by atoms with Gasteiger partial charge in [0.15, 0.2) is 0 Å². The number of fused-ring (bicyclic) bond motifs is 1. The zero-order chi connectivity index (χ0) is 16.7. The molecule has 0 saturated carbocycles. The third-order valence-electron chi connectivity index (χ3n) is 4.61. The number of hydrogen-bond donors (Lipinski definition) is 1. The van der Waals surface area contributed by atoms with Crippen molar-refractivity contribution in [1.82, 2.24) is 20.3 Å². The quantitative estimate of drug-likeness (QED) is 0.649. The molecule has 6 nitrogen and oxygen atoms in total. The smallest absolute Gasteiger partial charge is 0.113 e. The summed E-state index contributed by atoms with van der Waals surface area (Å²) in [5, 5.41) is 13.1. The van der Waals surface area contributed by atoms with Gasteiger partial charge >= 0.3 is 0 Å². The minimum Gasteiger partial charge on any atom is -0.369 e. The highest BCUT2D eigenvalue weighted by Crippen LogP contribution is 2.29. The summed E-state index contributed by atoms with van der Waals surface area (Å²) in [4.78, 5) is 0. The van der Waals surface area contributed by atoms with Gasteiger partial charge in [0.05, 0.1) is 29.8 Å². The van der Waals surface area contributed by atoms with Crippen LogP contribution < -0.4 is 10.6 Å². The molecule has 0 amide bonds. The van der Waals surface area contributed by atoms with Gasteiger partial charge in [-0.3, -0.25) is 0 Å². The van der Waals surface area contributed by atoms with E-state index in [2.05, 4.69) is 65.7 Å². The van der Waals surface area contributed by atoms with E-state index in [9.17, 15) is 0 Å². The molecule has 0 unspecified atom stereocenters. The van der Waals surface area contributed by atoms with Gasteiger partial charge in [0, 0.05) is 19.3 Å². The van der Waals surface area contributed by atoms with E-state index in [0.29, 0.717) is 18.8 Å². The zero-order valence-electron chi connectivity index (χ0n) is 14.4. The topological polar surface area (TPSA) is 64.5 Å². The Bertz CT molecular complexity index is 710. The summed E-state index contributed by atoms with van der Waals surface area (Å²) in [6, 6.07) is 8.31. The number of nitrogens with zero attached hydrogens (tertiary/aromatic N) is 3. The van der Waals surface area contributed by atoms with Crippen LogP contribution in [0.4, 0.5) is 0 Å². The highest BCUT2D eigenvalue weighted by molar-refractivity contribution is 6.88. The van der Waals surface area contributed by atoms with Crippen LogP contribution >= 0.6 is 0 Å². The van der Waals surface area contributed by atoms with Gasteiger partial charge in [-0.05, 0) is 17.7 Å². The van der Waals surface area contributed by atoms with Crippen molar-refractivity contribution in [3.05, 3.63) is 36.0 Å². The SMILES string of the molecule is C[Si](C)(C)c1cn(-c2ccc(CO[C@@H]3CNC[C@H]4O[C@H]34)cc2)nn1. The molecule has 1 aromatic heterocycles. The van der Waals surface area contributed by atoms with Crippen molar-refractivity contribution in [1.29, 1.82) is 0 Å². The first-order valence-electron chi connectivity index (χ1n) is 8.51. The van der Waals surface area contributed by atoms with Crippen molar-refractivity contribution < 1.29 is 9.47 Å². The van der Waals surface area contributed by atoms with E-state index >= 15 is 0 Å². The van der Waals surface area contributed by atoms with Gasteiger partial charge in [0.1, 0.15) is 14.2 Å². The van der Waals surface area contributed by atoms with Crippen molar-refractivity contribution >= 4 is 13.4 Å². The molecule has 3 heterocycles. The molecule has 2 aromatic rings. The lowest BCUT2D eigenvalue weighted by molar-refractivity contribution is 0.0211. The van der Waals surface area contributed by atoms with Crippen LogP contribution in [0.1, 0.15) is 5.56 Å². The molecule has 0 radical (unpaired) electrons. The van der Waals surface area contributed by atoms with Gasteiger partial charge in [-0.2, -0.15) is 0 Å². The Balaban J connectivity index is 1.38. The third kappa shape index (κ3) is 3.30. The van der Waals surface area contributed by atoms with Gasteiger partial charge in [0.2, 0.25) is 0 Å². The highest BCUT2D eigenvalue weighted by Gasteiger charge is 2.48. The number of nitrogens with one attached hydrogen (secondary N) is 1. The van der Waals surface area contributed by atoms with E-state index in [1.165, 1.54) is 0 Å². The van der Waals surface area contributed by atoms with Crippen molar-refractivity contribution in [2.24, 2.45) is 0 Å². The van der Waals surface area contributed by atoms with Crippen LogP contribution in [0.2, 0.25) is 19.6 Å². The number of rotatable bonds is 5. The standard InChI is InChI=1S/C17H24N4O2Si/c1-24(2,3)16-10-21(20-19-16)13-6-4-12(5-7-13)11-22-14-8-18-9-15-17(14)23-15/h4-7,10,14-15,17-18H,8-9,11H2,1-3H3/t14-,15-,17-/m1/s1. The molecule has 1 N–H and O–H groups in total. The summed E-state index contributed by atoms with van der Waals surface area (Å²) in [5.41, 5.74) is 2.19. The fourth-order valence-corrected chi connectivity index (χ4v) is 3.82. The third-order valence-corrected chi connectivity index (χ3v) is 6.37. The lowest BCUT2D eigenvalue weighted by Gasteiger charge is -2.20. The minimum absolute atomic E-state index is 0.165. The van der Waals surface area contributed by atoms with Crippen LogP contribution in [0.25, 0.3) is 5.69 Å². The molecule has 2 aliphatic rings. The Morgan fingerprint density at radius 1 is 1.25 bits per heavy atom. The summed E-state index contributed by atoms with van der Waals surface area (Å²) >= 11 is 0. The molecule has 3 atom stereocenters. The molecule has 128 valence electrons. The highest BCUT2D eigenvalue weighted by atomic mass is 28.3. The molecule has 2 saturated heterocycles. The van der Waals surface area contributed by atoms with Crippen molar-refractivity contribution in [2.45, 2.75) is 44.6 Å². The Labute approximate surface area is 143 Å². The van der Waals surface area contributed by atoms with E-state index in [1.807, 2.05) is 4.68 Å². The molecule has 2 fully saturated rings. The molecule has 7 heteroatoms. The number of benzene rings is 1. The average molecular weight is 344 g/mol. The summed E-state index contributed by atoms with van der Waals surface area (Å²) in [6.07, 6.45) is 2.87. The van der Waals surface area contributed by atoms with Gasteiger partial charge in [-0.1, -0.05) is 37.0 Å². The Morgan fingerprint density at radius 2 is 2.04 bits per heavy atom. The predicted molar refractivity (Wildman–Crippen MR) is 94.4 cm³/mol. The maximum atomic E-state index is 6.00. The molecule has 0 spiro atoms. The normalized spacial score (nSPS) is 26.2. The molecule has 2 aliphatic heterocycles. The van der Waals surface area contributed by atoms with E-state index in [0.717, 1.165) is 29.7 Å². The molecule has 24 heavy (non-hydrogen) atoms. The summed E-state index contributed by atoms with van der Waals surface area (Å²) in [7, 11) is -1.42. The summed E-state index contributed by atoms with van der Waals surface area (Å²) in [5.74, 6) is 0. The molecule has 4 rings (SSSR count). The lowest BCUT2D eigenvalue weighted by atomic mass is 10.1. The number of aromatic nitrogens is 3. The number of piperidine rings is 1. The monoisotopic (exact) mass is 344 g/mol. The molecule has 1 aromatic carbocycles. The Hall–Kier alpha value is -1.54. The van der Waals surface area contributed by atoms with E-state index in [1.54, 1.807) is 0 Å². The maximum absolute atomic E-state index is 6.00. The van der Waals surface area contributed by atoms with Crippen molar-refractivity contribution in [2.75, 3.05) is 13.1 Å². The second kappa shape index (κ2) is 6.07. The second-order valence-corrected chi connectivity index (χ2v) is 12.6. The van der Waals surface area contributed by atoms with Crippen LogP contribution in [0.15, 0.2) is 30.5 Å². The van der Waals surface area contributed by atoms with E-state index < -0.39 is 8.07 Å². The summed E-state index contributed by atoms with van der Waals surface area (Å²) < 4.78 is 13.4. The first kappa shape index (κ1) is 16.0. The minimum atomic E-state index is -1.42. The number of ether oxygens (including phenoxy) is 2. The van der Waals surface area contributed by atoms with Gasteiger partial charge < -0.3 is 14.8 Å². The number of hydrogen-bond acceptors (Lipinski definition) is 5. The first-order chi connectivity index (χ1) is 11.5. The van der Waals surface area contributed by atoms with Gasteiger partial charge in [-0.15, -0.1) is 5.10 Å². The van der Waals surface area contributed by atoms with Crippen molar-refractivity contribution in [3.63, 3.8) is 0 Å². The predicted octanol–water partition coefficient (Wildman–Crippen LogP) is 1.07. The van der Waals surface area contributed by atoms with Crippen LogP contribution in [0, 0.1) is 0 Å². The van der Waals surface area contributed by atoms with Gasteiger partial charge in [-0.25, -0.2) is 4.68 Å². The molecular weight excluding hydrogens is 320 g/mol. The zero-order valence-corrected chi connectivity index (χ0v) is 15.4. The fourth-order valence-electron chi connectivity index (χ4n) is 2.97. The molecule has 0 aliphatic carbocycles. The molecular formula is C17H24N4O2Si. The van der Waals surface area contributed by atoms with Gasteiger partial charge in [0.25, 0.3) is 0 Å². The van der Waals surface area contributed by atoms with Crippen LogP contribution in [-0.2, 0) is 16.1 Å². The number of epoxide rings is 1. The Morgan fingerprint density at radius 3 is 2.75 bits per heavy atom. The fraction of sp³-hybridized carbons (Fsp3) is 0.529. The Kier molecular flexibility index (Phi) is 4.04. The van der Waals surface area contributed by atoms with Crippen LogP contribution in [0.3, 0.4) is 0 Å². The first-order valence-corrected chi connectivity index (χ1v) is 12.0. The maximum Gasteiger partial charge on any atom is 0.113 e. The average Bonchev–Trinajstić information content (AvgIpc) is 3.18. The lowest BCUT2D eigenvalue weighted by Crippen LogP contribution is -2.41. The van der Waals surface area contributed by atoms with Crippen molar-refractivity contribution in [3.8, 4) is 5.69 Å². The van der Waals surface area contributed by atoms with Crippen LogP contribution in [0.5, 0.6) is 0 Å². The van der Waals surface area contributed by atoms with E-state index in [-0.39, 0.29) is 6.10 Å². The second-order valence-electron chi connectivity index (χ2n) is 7.61. The largest absolute Gasteiger partial charge is 0.369 e. The molecule has 0 bridgehead atoms.